The lowest BCUT2D eigenvalue weighted by Crippen LogP contribution is -2.35. The topological polar surface area (TPSA) is 66.1 Å². The van der Waals surface area contributed by atoms with Gasteiger partial charge >= 0.3 is 0 Å². The fourth-order valence-electron chi connectivity index (χ4n) is 3.55. The van der Waals surface area contributed by atoms with Crippen LogP contribution in [0.1, 0.15) is 24.0 Å². The number of rotatable bonds is 3. The van der Waals surface area contributed by atoms with Crippen LogP contribution in [0.2, 0.25) is 5.02 Å². The lowest BCUT2D eigenvalue weighted by molar-refractivity contribution is -0.123. The maximum Gasteiger partial charge on any atom is 0.273 e. The van der Waals surface area contributed by atoms with Gasteiger partial charge in [0.2, 0.25) is 0 Å². The number of likely N-dealkylation sites (tertiary alicyclic amines) is 1. The average molecular weight is 450 g/mol. The summed E-state index contributed by atoms with van der Waals surface area (Å²) in [6.07, 6.45) is 3.61. The first-order valence-electron chi connectivity index (χ1n) is 9.98. The first-order chi connectivity index (χ1) is 15.0. The number of aryl methyl sites for hydroxylation is 1. The summed E-state index contributed by atoms with van der Waals surface area (Å²) in [5.74, 6) is -0.319. The summed E-state index contributed by atoms with van der Waals surface area (Å²) in [4.78, 5) is 28.1. The van der Waals surface area contributed by atoms with Crippen molar-refractivity contribution in [2.75, 3.05) is 13.1 Å². The van der Waals surface area contributed by atoms with Crippen molar-refractivity contribution in [1.29, 1.82) is 5.26 Å². The summed E-state index contributed by atoms with van der Waals surface area (Å²) >= 11 is 7.13. The number of hydrogen-bond donors (Lipinski definition) is 0. The molecular weight excluding hydrogens is 430 g/mol. The number of benzene rings is 2. The molecule has 1 aliphatic rings. The van der Waals surface area contributed by atoms with Crippen LogP contribution in [0, 0.1) is 18.3 Å². The van der Waals surface area contributed by atoms with Crippen molar-refractivity contribution in [3.05, 3.63) is 84.2 Å². The molecule has 5 nitrogen and oxygen atoms in total. The van der Waals surface area contributed by atoms with Crippen molar-refractivity contribution in [1.82, 2.24) is 9.47 Å². The van der Waals surface area contributed by atoms with E-state index < -0.39 is 0 Å². The van der Waals surface area contributed by atoms with E-state index in [2.05, 4.69) is 6.07 Å². The van der Waals surface area contributed by atoms with Crippen molar-refractivity contribution in [2.45, 2.75) is 19.8 Å². The summed E-state index contributed by atoms with van der Waals surface area (Å²) in [5.41, 5.74) is 2.23. The fourth-order valence-corrected chi connectivity index (χ4v) is 4.78. The van der Waals surface area contributed by atoms with E-state index >= 15 is 0 Å². The Morgan fingerprint density at radius 3 is 2.35 bits per heavy atom. The van der Waals surface area contributed by atoms with Crippen molar-refractivity contribution >= 4 is 40.5 Å². The highest BCUT2D eigenvalue weighted by atomic mass is 35.5. The molecule has 0 saturated carbocycles. The molecular formula is C24H20ClN3O2S. The predicted molar refractivity (Wildman–Crippen MR) is 124 cm³/mol. The monoisotopic (exact) mass is 449 g/mol. The molecule has 1 amide bonds. The van der Waals surface area contributed by atoms with E-state index in [1.54, 1.807) is 23.1 Å². The predicted octanol–water partition coefficient (Wildman–Crippen LogP) is 2.99. The van der Waals surface area contributed by atoms with Crippen LogP contribution in [0.3, 0.4) is 0 Å². The Balaban J connectivity index is 2.00. The van der Waals surface area contributed by atoms with Crippen molar-refractivity contribution in [3.63, 3.8) is 0 Å². The molecule has 156 valence electrons. The number of halogens is 1. The third-order valence-corrected chi connectivity index (χ3v) is 6.56. The highest BCUT2D eigenvalue weighted by molar-refractivity contribution is 7.07. The Labute approximate surface area is 188 Å². The van der Waals surface area contributed by atoms with Crippen LogP contribution in [-0.4, -0.2) is 28.5 Å². The van der Waals surface area contributed by atoms with E-state index in [0.717, 1.165) is 35.3 Å². The minimum Gasteiger partial charge on any atom is -0.338 e. The van der Waals surface area contributed by atoms with Gasteiger partial charge in [-0.15, -0.1) is 11.3 Å². The smallest absolute Gasteiger partial charge is 0.273 e. The first-order valence-corrected chi connectivity index (χ1v) is 11.2. The highest BCUT2D eigenvalue weighted by Crippen LogP contribution is 2.13. The number of aromatic nitrogens is 1. The van der Waals surface area contributed by atoms with Crippen LogP contribution < -0.4 is 14.8 Å². The molecule has 7 heteroatoms. The lowest BCUT2D eigenvalue weighted by Gasteiger charge is -2.14. The number of nitrogens with zero attached hydrogens (tertiary/aromatic N) is 3. The summed E-state index contributed by atoms with van der Waals surface area (Å²) in [7, 11) is 0. The van der Waals surface area contributed by atoms with Crippen molar-refractivity contribution in [2.24, 2.45) is 0 Å². The summed E-state index contributed by atoms with van der Waals surface area (Å²) < 4.78 is 2.27. The quantitative estimate of drug-likeness (QED) is 0.617. The van der Waals surface area contributed by atoms with Crippen LogP contribution in [0.5, 0.6) is 0 Å². The molecule has 3 aromatic rings. The van der Waals surface area contributed by atoms with Gasteiger partial charge in [0, 0.05) is 18.1 Å². The van der Waals surface area contributed by atoms with Gasteiger partial charge in [-0.3, -0.25) is 14.2 Å². The maximum atomic E-state index is 13.4. The number of nitriles is 1. The van der Waals surface area contributed by atoms with Crippen LogP contribution in [0.15, 0.2) is 53.3 Å². The van der Waals surface area contributed by atoms with Crippen LogP contribution in [0.4, 0.5) is 0 Å². The van der Waals surface area contributed by atoms with E-state index in [0.29, 0.717) is 33.0 Å². The number of carbonyl (C=O) groups is 1. The summed E-state index contributed by atoms with van der Waals surface area (Å²) in [6, 6.07) is 16.7. The number of hydrogen-bond acceptors (Lipinski definition) is 4. The molecule has 31 heavy (non-hydrogen) atoms. The Hall–Kier alpha value is -3.14. The highest BCUT2D eigenvalue weighted by Gasteiger charge is 2.24. The van der Waals surface area contributed by atoms with Gasteiger partial charge < -0.3 is 4.90 Å². The zero-order valence-corrected chi connectivity index (χ0v) is 18.5. The lowest BCUT2D eigenvalue weighted by atomic mass is 10.2. The van der Waals surface area contributed by atoms with Gasteiger partial charge in [-0.2, -0.15) is 5.26 Å². The van der Waals surface area contributed by atoms with E-state index in [1.807, 2.05) is 43.3 Å². The molecule has 1 fully saturated rings. The summed E-state index contributed by atoms with van der Waals surface area (Å²) in [5, 5.41) is 10.5. The van der Waals surface area contributed by atoms with Crippen LogP contribution in [-0.2, 0) is 4.79 Å². The third kappa shape index (κ3) is 4.34. The zero-order chi connectivity index (χ0) is 22.0. The Kier molecular flexibility index (Phi) is 6.08. The molecule has 0 atom stereocenters. The second-order valence-electron chi connectivity index (χ2n) is 7.43. The molecule has 2 aromatic carbocycles. The van der Waals surface area contributed by atoms with Gasteiger partial charge in [0.1, 0.15) is 10.7 Å². The minimum atomic E-state index is -0.319. The van der Waals surface area contributed by atoms with Crippen molar-refractivity contribution in [3.8, 4) is 11.8 Å². The number of amides is 1. The summed E-state index contributed by atoms with van der Waals surface area (Å²) in [6.45, 7) is 3.23. The normalized spacial score (nSPS) is 15.1. The maximum absolute atomic E-state index is 13.4. The Morgan fingerprint density at radius 2 is 1.74 bits per heavy atom. The molecule has 1 saturated heterocycles. The number of carbonyl (C=O) groups excluding carboxylic acids is 1. The first kappa shape index (κ1) is 21.1. The second kappa shape index (κ2) is 8.93. The Bertz CT molecular complexity index is 1340. The second-order valence-corrected chi connectivity index (χ2v) is 8.90. The van der Waals surface area contributed by atoms with E-state index in [4.69, 9.17) is 11.6 Å². The van der Waals surface area contributed by atoms with Gasteiger partial charge in [-0.25, -0.2) is 0 Å². The van der Waals surface area contributed by atoms with Gasteiger partial charge in [0.05, 0.1) is 10.2 Å². The fraction of sp³-hybridized carbons (Fsp3) is 0.208. The molecule has 1 aliphatic heterocycles. The van der Waals surface area contributed by atoms with Crippen LogP contribution in [0.25, 0.3) is 17.3 Å². The molecule has 4 rings (SSSR count). The van der Waals surface area contributed by atoms with Crippen molar-refractivity contribution < 1.29 is 4.79 Å². The number of thiazole rings is 1. The molecule has 0 aliphatic carbocycles. The van der Waals surface area contributed by atoms with Gasteiger partial charge in [-0.05, 0) is 55.7 Å². The molecule has 2 heterocycles. The van der Waals surface area contributed by atoms with Gasteiger partial charge in [0.25, 0.3) is 11.5 Å². The van der Waals surface area contributed by atoms with E-state index in [1.165, 1.54) is 4.57 Å². The third-order valence-electron chi connectivity index (χ3n) is 5.22. The van der Waals surface area contributed by atoms with Gasteiger partial charge in [-0.1, -0.05) is 41.4 Å². The molecule has 0 bridgehead atoms. The molecule has 0 spiro atoms. The Morgan fingerprint density at radius 1 is 1.10 bits per heavy atom. The van der Waals surface area contributed by atoms with Gasteiger partial charge in [0.15, 0.2) is 5.57 Å². The molecule has 0 radical (unpaired) electrons. The molecule has 1 aromatic heterocycles. The zero-order valence-electron chi connectivity index (χ0n) is 17.0. The average Bonchev–Trinajstić information content (AvgIpc) is 3.40. The minimum absolute atomic E-state index is 0.000307. The SMILES string of the molecule is Cc1ccc(-n2c(=C(C#N)C(=O)N3CCCC3)sc(=Cc3ccc(Cl)cc3)c2=O)cc1. The van der Waals surface area contributed by atoms with Crippen LogP contribution >= 0.6 is 22.9 Å². The largest absolute Gasteiger partial charge is 0.338 e. The molecule has 0 unspecified atom stereocenters. The standard InChI is InChI=1S/C24H20ClN3O2S/c1-16-4-10-19(11-5-16)28-23(30)21(14-17-6-8-18(25)9-7-17)31-24(28)20(15-26)22(29)27-12-2-3-13-27/h4-11,14H,2-3,12-13H2,1H3. The molecule has 0 N–H and O–H groups in total. The van der Waals surface area contributed by atoms with E-state index in [-0.39, 0.29) is 17.0 Å². The van der Waals surface area contributed by atoms with E-state index in [9.17, 15) is 14.9 Å².